The normalized spacial score (nSPS) is 24.9. The van der Waals surface area contributed by atoms with Gasteiger partial charge in [-0.3, -0.25) is 0 Å². The zero-order chi connectivity index (χ0) is 14.7. The van der Waals surface area contributed by atoms with Gasteiger partial charge in [0, 0.05) is 30.6 Å². The van der Waals surface area contributed by atoms with Crippen LogP contribution in [0.1, 0.15) is 51.9 Å². The predicted molar refractivity (Wildman–Crippen MR) is 88.7 cm³/mol. The van der Waals surface area contributed by atoms with E-state index in [2.05, 4.69) is 30.0 Å². The van der Waals surface area contributed by atoms with Gasteiger partial charge in [0.15, 0.2) is 0 Å². The molecular weight excluding hydrogens is 260 g/mol. The smallest absolute Gasteiger partial charge is 0.0702 e. The minimum absolute atomic E-state index is 0.162. The molecular formula is C18H28N2O. The van der Waals surface area contributed by atoms with E-state index in [0.29, 0.717) is 6.04 Å². The van der Waals surface area contributed by atoms with Crippen molar-refractivity contribution in [1.82, 2.24) is 0 Å². The summed E-state index contributed by atoms with van der Waals surface area (Å²) in [5.74, 6) is 0. The molecule has 2 aliphatic rings. The molecule has 1 saturated heterocycles. The Kier molecular flexibility index (Phi) is 4.39. The Morgan fingerprint density at radius 2 is 2.10 bits per heavy atom. The molecule has 1 spiro atoms. The lowest BCUT2D eigenvalue weighted by atomic mass is 9.78. The summed E-state index contributed by atoms with van der Waals surface area (Å²) in [6.07, 6.45) is 8.84. The number of nitrogens with two attached hydrogens (primary N) is 1. The molecule has 0 radical (unpaired) electrons. The van der Waals surface area contributed by atoms with Crippen molar-refractivity contribution in [1.29, 1.82) is 0 Å². The third-order valence-corrected chi connectivity index (χ3v) is 5.22. The summed E-state index contributed by atoms with van der Waals surface area (Å²) < 4.78 is 6.24. The van der Waals surface area contributed by atoms with Crippen molar-refractivity contribution in [3.8, 4) is 0 Å². The van der Waals surface area contributed by atoms with Crippen LogP contribution in [0.25, 0.3) is 0 Å². The standard InChI is InChI=1S/C18H28N2O/c1-2-20(16-8-6-7-15(19)13-16)17-9-12-21-18(14-17)10-4-3-5-11-18/h6-8,13,17H,2-5,9-12,14,19H2,1H3. The first kappa shape index (κ1) is 14.7. The van der Waals surface area contributed by atoms with Gasteiger partial charge in [-0.15, -0.1) is 0 Å². The van der Waals surface area contributed by atoms with E-state index in [1.165, 1.54) is 44.2 Å². The third-order valence-electron chi connectivity index (χ3n) is 5.22. The molecule has 21 heavy (non-hydrogen) atoms. The Morgan fingerprint density at radius 1 is 1.29 bits per heavy atom. The molecule has 1 saturated carbocycles. The van der Waals surface area contributed by atoms with Crippen molar-refractivity contribution >= 4 is 11.4 Å². The predicted octanol–water partition coefficient (Wildman–Crippen LogP) is 3.98. The molecule has 2 N–H and O–H groups in total. The lowest BCUT2D eigenvalue weighted by Crippen LogP contribution is -2.49. The minimum Gasteiger partial charge on any atom is -0.399 e. The summed E-state index contributed by atoms with van der Waals surface area (Å²) in [6.45, 7) is 4.18. The Balaban J connectivity index is 1.77. The zero-order valence-electron chi connectivity index (χ0n) is 13.2. The number of hydrogen-bond donors (Lipinski definition) is 1. The van der Waals surface area contributed by atoms with Gasteiger partial charge in [0.25, 0.3) is 0 Å². The van der Waals surface area contributed by atoms with Crippen LogP contribution in [0.3, 0.4) is 0 Å². The monoisotopic (exact) mass is 288 g/mol. The molecule has 0 bridgehead atoms. The maximum absolute atomic E-state index is 6.24. The number of anilines is 2. The van der Waals surface area contributed by atoms with Gasteiger partial charge in [-0.25, -0.2) is 0 Å². The van der Waals surface area contributed by atoms with Gasteiger partial charge in [0.05, 0.1) is 5.60 Å². The first-order valence-corrected chi connectivity index (χ1v) is 8.49. The zero-order valence-corrected chi connectivity index (χ0v) is 13.2. The number of ether oxygens (including phenoxy) is 1. The topological polar surface area (TPSA) is 38.5 Å². The van der Waals surface area contributed by atoms with Gasteiger partial charge < -0.3 is 15.4 Å². The molecule has 2 fully saturated rings. The van der Waals surface area contributed by atoms with E-state index in [1.807, 2.05) is 6.07 Å². The average Bonchev–Trinajstić information content (AvgIpc) is 2.49. The number of nitrogens with zero attached hydrogens (tertiary/aromatic N) is 1. The molecule has 1 unspecified atom stereocenters. The van der Waals surface area contributed by atoms with E-state index in [0.717, 1.165) is 25.3 Å². The van der Waals surface area contributed by atoms with Crippen LogP contribution >= 0.6 is 0 Å². The highest BCUT2D eigenvalue weighted by Gasteiger charge is 2.40. The first-order valence-electron chi connectivity index (χ1n) is 8.49. The second kappa shape index (κ2) is 6.27. The van der Waals surface area contributed by atoms with Crippen molar-refractivity contribution in [2.45, 2.75) is 63.5 Å². The third kappa shape index (κ3) is 3.18. The van der Waals surface area contributed by atoms with Crippen LogP contribution < -0.4 is 10.6 Å². The number of benzene rings is 1. The van der Waals surface area contributed by atoms with Crippen molar-refractivity contribution in [3.63, 3.8) is 0 Å². The summed E-state index contributed by atoms with van der Waals surface area (Å²) in [7, 11) is 0. The second-order valence-corrected chi connectivity index (χ2v) is 6.62. The number of rotatable bonds is 3. The van der Waals surface area contributed by atoms with Crippen molar-refractivity contribution in [2.24, 2.45) is 0 Å². The molecule has 1 aliphatic carbocycles. The largest absolute Gasteiger partial charge is 0.399 e. The van der Waals surface area contributed by atoms with E-state index >= 15 is 0 Å². The van der Waals surface area contributed by atoms with E-state index in [9.17, 15) is 0 Å². The first-order chi connectivity index (χ1) is 10.2. The van der Waals surface area contributed by atoms with Crippen molar-refractivity contribution in [2.75, 3.05) is 23.8 Å². The molecule has 116 valence electrons. The SMILES string of the molecule is CCN(c1cccc(N)c1)C1CCOC2(CCCCC2)C1. The molecule has 1 heterocycles. The van der Waals surface area contributed by atoms with E-state index in [1.54, 1.807) is 0 Å². The quantitative estimate of drug-likeness (QED) is 0.855. The highest BCUT2D eigenvalue weighted by molar-refractivity contribution is 5.56. The molecule has 1 atom stereocenters. The maximum atomic E-state index is 6.24. The van der Waals surface area contributed by atoms with Crippen LogP contribution in [-0.2, 0) is 4.74 Å². The lowest BCUT2D eigenvalue weighted by Gasteiger charge is -2.47. The highest BCUT2D eigenvalue weighted by atomic mass is 16.5. The second-order valence-electron chi connectivity index (χ2n) is 6.62. The summed E-state index contributed by atoms with van der Waals surface area (Å²) >= 11 is 0. The molecule has 0 amide bonds. The van der Waals surface area contributed by atoms with E-state index in [-0.39, 0.29) is 5.60 Å². The maximum Gasteiger partial charge on any atom is 0.0702 e. The van der Waals surface area contributed by atoms with Crippen LogP contribution in [0.15, 0.2) is 24.3 Å². The van der Waals surface area contributed by atoms with Gasteiger partial charge in [0.2, 0.25) is 0 Å². The molecule has 3 rings (SSSR count). The van der Waals surface area contributed by atoms with Gasteiger partial charge in [-0.05, 0) is 50.8 Å². The molecule has 1 aromatic rings. The fourth-order valence-corrected chi connectivity index (χ4v) is 4.17. The van der Waals surface area contributed by atoms with E-state index in [4.69, 9.17) is 10.5 Å². The van der Waals surface area contributed by atoms with Gasteiger partial charge in [-0.1, -0.05) is 25.3 Å². The van der Waals surface area contributed by atoms with Crippen LogP contribution in [0.5, 0.6) is 0 Å². The summed E-state index contributed by atoms with van der Waals surface area (Å²) in [4.78, 5) is 2.52. The Labute approximate surface area is 128 Å². The van der Waals surface area contributed by atoms with Crippen LogP contribution in [0, 0.1) is 0 Å². The van der Waals surface area contributed by atoms with E-state index < -0.39 is 0 Å². The lowest BCUT2D eigenvalue weighted by molar-refractivity contribution is -0.105. The molecule has 0 aromatic heterocycles. The molecule has 1 aliphatic heterocycles. The van der Waals surface area contributed by atoms with Gasteiger partial charge >= 0.3 is 0 Å². The number of hydrogen-bond acceptors (Lipinski definition) is 3. The Hall–Kier alpha value is -1.22. The minimum atomic E-state index is 0.162. The molecule has 3 nitrogen and oxygen atoms in total. The Bertz CT molecular complexity index is 463. The molecule has 3 heteroatoms. The average molecular weight is 288 g/mol. The summed E-state index contributed by atoms with van der Waals surface area (Å²) in [5, 5.41) is 0. The fraction of sp³-hybridized carbons (Fsp3) is 0.667. The van der Waals surface area contributed by atoms with Gasteiger partial charge in [-0.2, -0.15) is 0 Å². The van der Waals surface area contributed by atoms with Crippen molar-refractivity contribution < 1.29 is 4.74 Å². The molecule has 1 aromatic carbocycles. The highest BCUT2D eigenvalue weighted by Crippen LogP contribution is 2.40. The van der Waals surface area contributed by atoms with Crippen molar-refractivity contribution in [3.05, 3.63) is 24.3 Å². The Morgan fingerprint density at radius 3 is 2.81 bits per heavy atom. The fourth-order valence-electron chi connectivity index (χ4n) is 4.17. The summed E-state index contributed by atoms with van der Waals surface area (Å²) in [5.41, 5.74) is 8.24. The van der Waals surface area contributed by atoms with Gasteiger partial charge in [0.1, 0.15) is 0 Å². The summed E-state index contributed by atoms with van der Waals surface area (Å²) in [6, 6.07) is 8.89. The van der Waals surface area contributed by atoms with Crippen LogP contribution in [0.2, 0.25) is 0 Å². The number of nitrogen functional groups attached to an aromatic ring is 1. The van der Waals surface area contributed by atoms with Crippen LogP contribution in [-0.4, -0.2) is 24.8 Å². The van der Waals surface area contributed by atoms with Crippen LogP contribution in [0.4, 0.5) is 11.4 Å².